The minimum Gasteiger partial charge on any atom is -0.258 e. The summed E-state index contributed by atoms with van der Waals surface area (Å²) in [5, 5.41) is 11.0. The van der Waals surface area contributed by atoms with E-state index in [1.54, 1.807) is 12.1 Å². The summed E-state index contributed by atoms with van der Waals surface area (Å²) in [6.07, 6.45) is 0. The Labute approximate surface area is 106 Å². The van der Waals surface area contributed by atoms with Crippen LogP contribution in [-0.2, 0) is 0 Å². The van der Waals surface area contributed by atoms with E-state index in [1.807, 2.05) is 59.0 Å². The summed E-state index contributed by atoms with van der Waals surface area (Å²) in [5.41, 5.74) is 1.71. The summed E-state index contributed by atoms with van der Waals surface area (Å²) in [6, 6.07) is 14.7. The average molecular weight is 325 g/mol. The topological polar surface area (TPSA) is 43.1 Å². The third-order valence-corrected chi connectivity index (χ3v) is 3.12. The first kappa shape index (κ1) is 11.1. The van der Waals surface area contributed by atoms with Gasteiger partial charge in [-0.15, -0.1) is 0 Å². The van der Waals surface area contributed by atoms with Crippen LogP contribution in [0, 0.1) is 13.7 Å². The number of nitrogens with zero attached hydrogens (tertiary/aromatic N) is 1. The number of rotatable bonds is 2. The van der Waals surface area contributed by atoms with Gasteiger partial charge in [0.15, 0.2) is 0 Å². The molecule has 0 amide bonds. The van der Waals surface area contributed by atoms with Crippen LogP contribution in [0.3, 0.4) is 0 Å². The molecule has 0 bridgehead atoms. The van der Waals surface area contributed by atoms with Crippen LogP contribution in [0.4, 0.5) is 5.69 Å². The smallest absolute Gasteiger partial charge is 0.258 e. The van der Waals surface area contributed by atoms with Crippen LogP contribution in [0.15, 0.2) is 48.5 Å². The second-order valence-electron chi connectivity index (χ2n) is 3.26. The normalized spacial score (nSPS) is 10.1. The summed E-state index contributed by atoms with van der Waals surface area (Å²) in [4.78, 5) is 10.7. The van der Waals surface area contributed by atoms with Gasteiger partial charge in [-0.1, -0.05) is 36.4 Å². The Morgan fingerprint density at radius 3 is 2.31 bits per heavy atom. The molecule has 4 heteroatoms. The molecule has 0 saturated carbocycles. The molecule has 0 N–H and O–H groups in total. The lowest BCUT2D eigenvalue weighted by Gasteiger charge is -2.04. The number of nitro benzene ring substituents is 1. The van der Waals surface area contributed by atoms with Gasteiger partial charge in [0, 0.05) is 0 Å². The van der Waals surface area contributed by atoms with Crippen LogP contribution in [0.25, 0.3) is 11.1 Å². The summed E-state index contributed by atoms with van der Waals surface area (Å²) in [6.45, 7) is 0. The van der Waals surface area contributed by atoms with E-state index >= 15 is 0 Å². The van der Waals surface area contributed by atoms with E-state index in [4.69, 9.17) is 0 Å². The molecule has 0 fully saturated rings. The predicted octanol–water partition coefficient (Wildman–Crippen LogP) is 3.87. The van der Waals surface area contributed by atoms with Crippen molar-refractivity contribution in [3.8, 4) is 11.1 Å². The van der Waals surface area contributed by atoms with E-state index in [1.165, 1.54) is 0 Å². The highest BCUT2D eigenvalue weighted by atomic mass is 127. The molecule has 0 unspecified atom stereocenters. The van der Waals surface area contributed by atoms with Crippen molar-refractivity contribution in [3.63, 3.8) is 0 Å². The second-order valence-corrected chi connectivity index (χ2v) is 4.42. The highest BCUT2D eigenvalue weighted by Gasteiger charge is 2.18. The molecular weight excluding hydrogens is 317 g/mol. The lowest BCUT2D eigenvalue weighted by atomic mass is 10.0. The van der Waals surface area contributed by atoms with Crippen LogP contribution < -0.4 is 0 Å². The molecule has 0 aromatic heterocycles. The first-order valence-corrected chi connectivity index (χ1v) is 5.76. The maximum absolute atomic E-state index is 11.0. The lowest BCUT2D eigenvalue weighted by molar-refractivity contribution is -0.385. The Hall–Kier alpha value is -1.43. The summed E-state index contributed by atoms with van der Waals surface area (Å²) in [7, 11) is 0. The minimum absolute atomic E-state index is 0.175. The van der Waals surface area contributed by atoms with Gasteiger partial charge in [0.05, 0.1) is 14.1 Å². The van der Waals surface area contributed by atoms with E-state index in [0.717, 1.165) is 5.56 Å². The quantitative estimate of drug-likeness (QED) is 0.478. The maximum atomic E-state index is 11.0. The molecule has 0 aliphatic rings. The molecule has 0 saturated heterocycles. The molecule has 0 radical (unpaired) electrons. The largest absolute Gasteiger partial charge is 0.290 e. The van der Waals surface area contributed by atoms with Crippen LogP contribution in [0.2, 0.25) is 0 Å². The number of halogens is 1. The summed E-state index contributed by atoms with van der Waals surface area (Å²) in [5.74, 6) is 0. The van der Waals surface area contributed by atoms with Gasteiger partial charge in [-0.05, 0) is 40.3 Å². The molecule has 0 atom stereocenters. The summed E-state index contributed by atoms with van der Waals surface area (Å²) < 4.78 is 0.656. The maximum Gasteiger partial charge on any atom is 0.290 e. The molecular formula is C12H8INO2. The fraction of sp³-hybridized carbons (Fsp3) is 0. The van der Waals surface area contributed by atoms with Gasteiger partial charge < -0.3 is 0 Å². The number of para-hydroxylation sites is 1. The molecule has 80 valence electrons. The molecule has 0 heterocycles. The number of benzene rings is 2. The van der Waals surface area contributed by atoms with Crippen molar-refractivity contribution in [1.29, 1.82) is 0 Å². The Morgan fingerprint density at radius 2 is 1.69 bits per heavy atom. The van der Waals surface area contributed by atoms with Crippen LogP contribution >= 0.6 is 22.6 Å². The molecule has 2 aromatic carbocycles. The van der Waals surface area contributed by atoms with E-state index in [0.29, 0.717) is 9.13 Å². The molecule has 0 aliphatic heterocycles. The van der Waals surface area contributed by atoms with E-state index < -0.39 is 0 Å². The fourth-order valence-electron chi connectivity index (χ4n) is 1.55. The van der Waals surface area contributed by atoms with Gasteiger partial charge in [0.1, 0.15) is 0 Å². The average Bonchev–Trinajstić information content (AvgIpc) is 2.29. The van der Waals surface area contributed by atoms with Crippen LogP contribution in [0.5, 0.6) is 0 Å². The molecule has 0 aliphatic carbocycles. The third kappa shape index (κ3) is 2.06. The first-order chi connectivity index (χ1) is 7.70. The standard InChI is InChI=1S/C12H8INO2/c13-11-8-4-7-10(12(11)14(15)16)9-5-2-1-3-6-9/h1-8H. The number of nitro groups is 1. The zero-order valence-electron chi connectivity index (χ0n) is 8.26. The van der Waals surface area contributed by atoms with Crippen molar-refractivity contribution >= 4 is 28.3 Å². The Balaban J connectivity index is 2.66. The van der Waals surface area contributed by atoms with Gasteiger partial charge in [-0.2, -0.15) is 0 Å². The van der Waals surface area contributed by atoms with E-state index in [2.05, 4.69) is 0 Å². The van der Waals surface area contributed by atoms with Gasteiger partial charge in [0.2, 0.25) is 0 Å². The molecule has 2 rings (SSSR count). The van der Waals surface area contributed by atoms with Gasteiger partial charge in [-0.25, -0.2) is 0 Å². The van der Waals surface area contributed by atoms with Gasteiger partial charge in [-0.3, -0.25) is 10.1 Å². The molecule has 3 nitrogen and oxygen atoms in total. The number of hydrogen-bond acceptors (Lipinski definition) is 2. The van der Waals surface area contributed by atoms with Crippen LogP contribution in [0.1, 0.15) is 0 Å². The van der Waals surface area contributed by atoms with Crippen molar-refractivity contribution in [3.05, 3.63) is 62.2 Å². The van der Waals surface area contributed by atoms with Crippen molar-refractivity contribution < 1.29 is 4.92 Å². The Morgan fingerprint density at radius 1 is 1.00 bits per heavy atom. The van der Waals surface area contributed by atoms with Gasteiger partial charge >= 0.3 is 0 Å². The van der Waals surface area contributed by atoms with Crippen molar-refractivity contribution in [2.75, 3.05) is 0 Å². The highest BCUT2D eigenvalue weighted by Crippen LogP contribution is 2.33. The highest BCUT2D eigenvalue weighted by molar-refractivity contribution is 14.1. The first-order valence-electron chi connectivity index (χ1n) is 4.68. The molecule has 2 aromatic rings. The van der Waals surface area contributed by atoms with Gasteiger partial charge in [0.25, 0.3) is 5.69 Å². The lowest BCUT2D eigenvalue weighted by Crippen LogP contribution is -1.94. The van der Waals surface area contributed by atoms with Crippen molar-refractivity contribution in [2.24, 2.45) is 0 Å². The molecule has 16 heavy (non-hydrogen) atoms. The second kappa shape index (κ2) is 4.61. The minimum atomic E-state index is -0.329. The third-order valence-electron chi connectivity index (χ3n) is 2.25. The zero-order chi connectivity index (χ0) is 11.5. The molecule has 0 spiro atoms. The van der Waals surface area contributed by atoms with E-state index in [-0.39, 0.29) is 10.6 Å². The van der Waals surface area contributed by atoms with E-state index in [9.17, 15) is 10.1 Å². The predicted molar refractivity (Wildman–Crippen MR) is 71.2 cm³/mol. The Bertz CT molecular complexity index is 526. The SMILES string of the molecule is O=[N+]([O-])c1c(I)cccc1-c1ccccc1. The number of hydrogen-bond donors (Lipinski definition) is 0. The fourth-order valence-corrected chi connectivity index (χ4v) is 2.25. The van der Waals surface area contributed by atoms with Crippen LogP contribution in [-0.4, -0.2) is 4.92 Å². The van der Waals surface area contributed by atoms with Crippen molar-refractivity contribution in [2.45, 2.75) is 0 Å². The Kier molecular flexibility index (Phi) is 3.19. The zero-order valence-corrected chi connectivity index (χ0v) is 10.4. The monoisotopic (exact) mass is 325 g/mol. The van der Waals surface area contributed by atoms with Crippen molar-refractivity contribution in [1.82, 2.24) is 0 Å². The summed E-state index contributed by atoms with van der Waals surface area (Å²) >= 11 is 1.99.